The van der Waals surface area contributed by atoms with Crippen LogP contribution in [0.3, 0.4) is 0 Å². The van der Waals surface area contributed by atoms with Crippen molar-refractivity contribution < 1.29 is 0 Å². The molecule has 0 bridgehead atoms. The van der Waals surface area contributed by atoms with Crippen molar-refractivity contribution in [2.45, 2.75) is 33.9 Å². The van der Waals surface area contributed by atoms with Gasteiger partial charge < -0.3 is 16.4 Å². The number of aryl methyl sites for hydroxylation is 3. The molecule has 0 saturated carbocycles. The van der Waals surface area contributed by atoms with E-state index in [1.165, 1.54) is 22.3 Å². The molecule has 7 nitrogen and oxygen atoms in total. The minimum absolute atomic E-state index is 0.563. The molecule has 2 aromatic carbocycles. The maximum Gasteiger partial charge on any atom is 0.131 e. The topological polar surface area (TPSA) is 102 Å². The van der Waals surface area contributed by atoms with Gasteiger partial charge in [-0.3, -0.25) is 4.98 Å². The Morgan fingerprint density at radius 3 is 2.41 bits per heavy atom. The molecule has 0 saturated heterocycles. The Morgan fingerprint density at radius 1 is 0.794 bits per heavy atom. The van der Waals surface area contributed by atoms with Gasteiger partial charge in [-0.05, 0) is 84.3 Å². The van der Waals surface area contributed by atoms with Gasteiger partial charge in [-0.25, -0.2) is 15.0 Å². The molecule has 170 valence electrons. The number of nitrogens with one attached hydrogen (secondary N) is 2. The third-order valence-electron chi connectivity index (χ3n) is 6.18. The molecule has 0 atom stereocenters. The highest BCUT2D eigenvalue weighted by molar-refractivity contribution is 5.94. The SMILES string of the molecule is Cc1cnc2ccc(CNc3cc(NCc4c(C)cc5c(N)nccc5c4C)ncn3)cc2c1. The zero-order chi connectivity index (χ0) is 23.7. The van der Waals surface area contributed by atoms with E-state index in [1.807, 2.05) is 18.3 Å². The summed E-state index contributed by atoms with van der Waals surface area (Å²) in [6.45, 7) is 7.60. The highest BCUT2D eigenvalue weighted by Crippen LogP contribution is 2.28. The third-order valence-corrected chi connectivity index (χ3v) is 6.18. The van der Waals surface area contributed by atoms with Crippen molar-refractivity contribution in [3.8, 4) is 0 Å². The van der Waals surface area contributed by atoms with Crippen LogP contribution < -0.4 is 16.4 Å². The van der Waals surface area contributed by atoms with Crippen molar-refractivity contribution in [2.75, 3.05) is 16.4 Å². The van der Waals surface area contributed by atoms with E-state index < -0.39 is 0 Å². The minimum atomic E-state index is 0.563. The lowest BCUT2D eigenvalue weighted by atomic mass is 9.96. The largest absolute Gasteiger partial charge is 0.383 e. The van der Waals surface area contributed by atoms with Crippen molar-refractivity contribution in [1.29, 1.82) is 0 Å². The lowest BCUT2D eigenvalue weighted by Crippen LogP contribution is -2.08. The van der Waals surface area contributed by atoms with Gasteiger partial charge in [0.05, 0.1) is 5.52 Å². The van der Waals surface area contributed by atoms with Crippen molar-refractivity contribution in [3.63, 3.8) is 0 Å². The van der Waals surface area contributed by atoms with E-state index in [2.05, 4.69) is 81.7 Å². The molecule has 3 heterocycles. The molecule has 5 rings (SSSR count). The maximum atomic E-state index is 6.08. The second-order valence-corrected chi connectivity index (χ2v) is 8.62. The first-order valence-electron chi connectivity index (χ1n) is 11.3. The Hall–Kier alpha value is -4.26. The summed E-state index contributed by atoms with van der Waals surface area (Å²) in [4.78, 5) is 17.5. The van der Waals surface area contributed by atoms with Crippen LogP contribution in [0.25, 0.3) is 21.7 Å². The molecule has 4 N–H and O–H groups in total. The van der Waals surface area contributed by atoms with Crippen LogP contribution in [0.1, 0.15) is 27.8 Å². The first-order valence-corrected chi connectivity index (χ1v) is 11.3. The van der Waals surface area contributed by atoms with Crippen LogP contribution in [0.4, 0.5) is 17.5 Å². The van der Waals surface area contributed by atoms with Crippen LogP contribution >= 0.6 is 0 Å². The molecular formula is C27H27N7. The van der Waals surface area contributed by atoms with E-state index in [4.69, 9.17) is 5.73 Å². The third kappa shape index (κ3) is 4.32. The molecule has 34 heavy (non-hydrogen) atoms. The number of rotatable bonds is 6. The molecule has 0 fully saturated rings. The van der Waals surface area contributed by atoms with E-state index in [-0.39, 0.29) is 0 Å². The number of aromatic nitrogens is 4. The lowest BCUT2D eigenvalue weighted by Gasteiger charge is -2.15. The first-order chi connectivity index (χ1) is 16.5. The Bertz CT molecular complexity index is 1510. The number of hydrogen-bond donors (Lipinski definition) is 3. The van der Waals surface area contributed by atoms with Gasteiger partial charge in [0.2, 0.25) is 0 Å². The number of benzene rings is 2. The van der Waals surface area contributed by atoms with E-state index in [0.29, 0.717) is 18.9 Å². The summed E-state index contributed by atoms with van der Waals surface area (Å²) in [6.07, 6.45) is 5.22. The standard InChI is InChI=1S/C27H27N7/c1-16-8-20-10-19(4-5-24(20)30-12-16)13-31-25-11-26(34-15-33-25)32-14-23-17(2)9-22-21(18(23)3)6-7-29-27(22)28/h4-12,15H,13-14H2,1-3H3,(H2,28,29)(H2,31,32,33,34). The number of nitrogens with two attached hydrogens (primary N) is 1. The zero-order valence-corrected chi connectivity index (χ0v) is 19.6. The van der Waals surface area contributed by atoms with E-state index >= 15 is 0 Å². The Morgan fingerprint density at radius 2 is 1.59 bits per heavy atom. The van der Waals surface area contributed by atoms with Crippen molar-refractivity contribution >= 4 is 39.1 Å². The first kappa shape index (κ1) is 21.6. The van der Waals surface area contributed by atoms with Crippen LogP contribution in [0.2, 0.25) is 0 Å². The Kier molecular flexibility index (Phi) is 5.67. The summed E-state index contributed by atoms with van der Waals surface area (Å²) in [6, 6.07) is 14.5. The predicted octanol–water partition coefficient (Wildman–Crippen LogP) is 5.30. The molecular weight excluding hydrogens is 422 g/mol. The van der Waals surface area contributed by atoms with Gasteiger partial charge >= 0.3 is 0 Å². The molecule has 0 amide bonds. The second-order valence-electron chi connectivity index (χ2n) is 8.62. The van der Waals surface area contributed by atoms with Gasteiger partial charge in [-0.15, -0.1) is 0 Å². The number of anilines is 3. The second kappa shape index (κ2) is 8.94. The minimum Gasteiger partial charge on any atom is -0.383 e. The van der Waals surface area contributed by atoms with E-state index in [9.17, 15) is 0 Å². The molecule has 3 aromatic heterocycles. The molecule has 0 radical (unpaired) electrons. The van der Waals surface area contributed by atoms with Gasteiger partial charge in [0.1, 0.15) is 23.8 Å². The fourth-order valence-corrected chi connectivity index (χ4v) is 4.33. The van der Waals surface area contributed by atoms with Gasteiger partial charge in [0.15, 0.2) is 0 Å². The number of pyridine rings is 2. The predicted molar refractivity (Wildman–Crippen MR) is 139 cm³/mol. The quantitative estimate of drug-likeness (QED) is 0.323. The highest BCUT2D eigenvalue weighted by atomic mass is 15.1. The molecule has 0 aliphatic heterocycles. The molecule has 0 unspecified atom stereocenters. The summed E-state index contributed by atoms with van der Waals surface area (Å²) < 4.78 is 0. The molecule has 0 aliphatic rings. The number of hydrogen-bond acceptors (Lipinski definition) is 7. The normalized spacial score (nSPS) is 11.1. The fourth-order valence-electron chi connectivity index (χ4n) is 4.33. The summed E-state index contributed by atoms with van der Waals surface area (Å²) >= 11 is 0. The van der Waals surface area contributed by atoms with Crippen LogP contribution in [-0.2, 0) is 13.1 Å². The van der Waals surface area contributed by atoms with Gasteiger partial charge in [0.25, 0.3) is 0 Å². The highest BCUT2D eigenvalue weighted by Gasteiger charge is 2.10. The van der Waals surface area contributed by atoms with E-state index in [0.717, 1.165) is 38.9 Å². The van der Waals surface area contributed by atoms with Gasteiger partial charge in [-0.2, -0.15) is 0 Å². The Balaban J connectivity index is 1.29. The summed E-state index contributed by atoms with van der Waals surface area (Å²) in [5, 5.41) is 10.1. The summed E-state index contributed by atoms with van der Waals surface area (Å²) in [7, 11) is 0. The average Bonchev–Trinajstić information content (AvgIpc) is 2.83. The van der Waals surface area contributed by atoms with Crippen molar-refractivity contribution in [3.05, 3.63) is 89.0 Å². The molecule has 0 aliphatic carbocycles. The molecule has 5 aromatic rings. The van der Waals surface area contributed by atoms with Gasteiger partial charge in [-0.1, -0.05) is 6.07 Å². The number of nitrogen functional groups attached to an aromatic ring is 1. The number of nitrogens with zero attached hydrogens (tertiary/aromatic N) is 4. The molecule has 0 spiro atoms. The monoisotopic (exact) mass is 449 g/mol. The summed E-state index contributed by atoms with van der Waals surface area (Å²) in [5.74, 6) is 2.10. The maximum absolute atomic E-state index is 6.08. The van der Waals surface area contributed by atoms with Crippen molar-refractivity contribution in [2.24, 2.45) is 0 Å². The van der Waals surface area contributed by atoms with Crippen molar-refractivity contribution in [1.82, 2.24) is 19.9 Å². The fraction of sp³-hybridized carbons (Fsp3) is 0.185. The zero-order valence-electron chi connectivity index (χ0n) is 19.6. The van der Waals surface area contributed by atoms with Gasteiger partial charge in [0, 0.05) is 42.3 Å². The van der Waals surface area contributed by atoms with Crippen LogP contribution in [0.15, 0.2) is 61.2 Å². The van der Waals surface area contributed by atoms with Crippen LogP contribution in [-0.4, -0.2) is 19.9 Å². The van der Waals surface area contributed by atoms with Crippen LogP contribution in [0, 0.1) is 20.8 Å². The van der Waals surface area contributed by atoms with E-state index in [1.54, 1.807) is 12.5 Å². The summed E-state index contributed by atoms with van der Waals surface area (Å²) in [5.41, 5.74) is 13.0. The number of fused-ring (bicyclic) bond motifs is 2. The Labute approximate surface area is 198 Å². The smallest absolute Gasteiger partial charge is 0.131 e. The average molecular weight is 450 g/mol. The lowest BCUT2D eigenvalue weighted by molar-refractivity contribution is 1.04. The molecule has 7 heteroatoms. The van der Waals surface area contributed by atoms with Crippen LogP contribution in [0.5, 0.6) is 0 Å².